The minimum Gasteiger partial charge on any atom is -0.345 e. The molecule has 0 saturated heterocycles. The van der Waals surface area contributed by atoms with Gasteiger partial charge in [0, 0.05) is 22.4 Å². The van der Waals surface area contributed by atoms with Crippen LogP contribution in [-0.4, -0.2) is 16.1 Å². The molecule has 0 bridgehead atoms. The average Bonchev–Trinajstić information content (AvgIpc) is 3.39. The molecule has 1 atom stereocenters. The summed E-state index contributed by atoms with van der Waals surface area (Å²) in [6, 6.07) is 6.30. The van der Waals surface area contributed by atoms with Gasteiger partial charge in [-0.1, -0.05) is 30.9 Å². The molecule has 0 radical (unpaired) electrons. The monoisotopic (exact) mass is 451 g/mol. The molecule has 0 aliphatic heterocycles. The molecule has 25 heavy (non-hydrogen) atoms. The third kappa shape index (κ3) is 4.00. The number of H-pyrrole nitrogens is 1. The van der Waals surface area contributed by atoms with E-state index in [2.05, 4.69) is 44.7 Å². The lowest BCUT2D eigenvalue weighted by molar-refractivity contribution is -0.118. The van der Waals surface area contributed by atoms with Gasteiger partial charge in [-0.25, -0.2) is 4.39 Å². The van der Waals surface area contributed by atoms with Crippen molar-refractivity contribution in [3.63, 3.8) is 0 Å². The highest BCUT2D eigenvalue weighted by atomic mass is 127. The predicted molar refractivity (Wildman–Crippen MR) is 104 cm³/mol. The van der Waals surface area contributed by atoms with E-state index in [4.69, 9.17) is 0 Å². The van der Waals surface area contributed by atoms with E-state index in [1.807, 2.05) is 6.92 Å². The summed E-state index contributed by atoms with van der Waals surface area (Å²) in [4.78, 5) is 12.7. The molecule has 1 aliphatic rings. The third-order valence-electron chi connectivity index (χ3n) is 4.35. The minimum absolute atomic E-state index is 0.258. The number of carbonyl (C=O) groups excluding carboxylic acids is 1. The Morgan fingerprint density at radius 3 is 2.76 bits per heavy atom. The van der Waals surface area contributed by atoms with E-state index >= 15 is 0 Å². The van der Waals surface area contributed by atoms with Crippen molar-refractivity contribution >= 4 is 34.6 Å². The predicted octanol–water partition coefficient (Wildman–Crippen LogP) is 4.30. The highest BCUT2D eigenvalue weighted by molar-refractivity contribution is 14.1. The minimum atomic E-state index is -0.318. The summed E-state index contributed by atoms with van der Waals surface area (Å²) in [7, 11) is 0. The van der Waals surface area contributed by atoms with E-state index in [9.17, 15) is 9.18 Å². The van der Waals surface area contributed by atoms with E-state index in [0.717, 1.165) is 27.8 Å². The first-order valence-corrected chi connectivity index (χ1v) is 9.19. The van der Waals surface area contributed by atoms with Crippen LogP contribution in [0.25, 0.3) is 6.08 Å². The Kier molecular flexibility index (Phi) is 5.36. The molecule has 4 nitrogen and oxygen atoms in total. The first-order chi connectivity index (χ1) is 12.0. The van der Waals surface area contributed by atoms with Gasteiger partial charge in [-0.15, -0.1) is 0 Å². The number of hydrogen-bond acceptors (Lipinski definition) is 2. The number of hydrogen-bond donors (Lipinski definition) is 2. The molecule has 0 unspecified atom stereocenters. The maximum absolute atomic E-state index is 14.2. The number of carbonyl (C=O) groups is 1. The lowest BCUT2D eigenvalue weighted by Gasteiger charge is -2.19. The SMILES string of the molecule is C=C/C(=C\c1c(I)n[nH]c1C)C(=O)N[C@H](c1ccccc1F)C1CC1. The maximum Gasteiger partial charge on any atom is 0.251 e. The summed E-state index contributed by atoms with van der Waals surface area (Å²) in [5.41, 5.74) is 2.71. The van der Waals surface area contributed by atoms with E-state index < -0.39 is 0 Å². The lowest BCUT2D eigenvalue weighted by atomic mass is 10.0. The van der Waals surface area contributed by atoms with E-state index in [1.54, 1.807) is 24.3 Å². The molecule has 1 fully saturated rings. The van der Waals surface area contributed by atoms with Crippen LogP contribution < -0.4 is 5.32 Å². The molecule has 1 amide bonds. The number of aromatic amines is 1. The van der Waals surface area contributed by atoms with Gasteiger partial charge < -0.3 is 5.32 Å². The summed E-state index contributed by atoms with van der Waals surface area (Å²) < 4.78 is 15.0. The standard InChI is InChI=1S/C19H19FIN3O/c1-3-12(10-15-11(2)23-24-18(15)21)19(25)22-17(13-8-9-13)14-6-4-5-7-16(14)20/h3-7,10,13,17H,1,8-9H2,2H3,(H,22,25)(H,23,24)/b12-10+/t17-/m0/s1. The van der Waals surface area contributed by atoms with E-state index in [0.29, 0.717) is 11.1 Å². The molecule has 1 aliphatic carbocycles. The second-order valence-corrected chi connectivity index (χ2v) is 7.19. The summed E-state index contributed by atoms with van der Waals surface area (Å²) in [5, 5.41) is 10.00. The van der Waals surface area contributed by atoms with Crippen molar-refractivity contribution in [2.75, 3.05) is 0 Å². The number of amides is 1. The zero-order valence-corrected chi connectivity index (χ0v) is 16.0. The van der Waals surface area contributed by atoms with Gasteiger partial charge in [-0.2, -0.15) is 5.10 Å². The zero-order chi connectivity index (χ0) is 18.0. The Bertz CT molecular complexity index is 819. The number of nitrogens with zero attached hydrogens (tertiary/aromatic N) is 1. The van der Waals surface area contributed by atoms with Gasteiger partial charge in [0.2, 0.25) is 0 Å². The summed E-state index contributed by atoms with van der Waals surface area (Å²) in [6.07, 6.45) is 5.26. The number of halogens is 2. The molecule has 1 saturated carbocycles. The van der Waals surface area contributed by atoms with E-state index in [-0.39, 0.29) is 23.7 Å². The maximum atomic E-state index is 14.2. The number of aryl methyl sites for hydroxylation is 1. The highest BCUT2D eigenvalue weighted by Gasteiger charge is 2.35. The second-order valence-electron chi connectivity index (χ2n) is 6.17. The molecule has 2 N–H and O–H groups in total. The van der Waals surface area contributed by atoms with Gasteiger partial charge >= 0.3 is 0 Å². The largest absolute Gasteiger partial charge is 0.345 e. The highest BCUT2D eigenvalue weighted by Crippen LogP contribution is 2.41. The number of nitrogens with one attached hydrogen (secondary N) is 2. The second kappa shape index (κ2) is 7.51. The number of rotatable bonds is 6. The van der Waals surface area contributed by atoms with Crippen LogP contribution in [0.4, 0.5) is 4.39 Å². The lowest BCUT2D eigenvalue weighted by Crippen LogP contribution is -2.31. The Morgan fingerprint density at radius 2 is 2.20 bits per heavy atom. The zero-order valence-electron chi connectivity index (χ0n) is 13.9. The van der Waals surface area contributed by atoms with Crippen molar-refractivity contribution in [3.05, 3.63) is 68.8 Å². The van der Waals surface area contributed by atoms with E-state index in [1.165, 1.54) is 12.1 Å². The molecule has 130 valence electrons. The summed E-state index contributed by atoms with van der Waals surface area (Å²) in [5.74, 6) is -0.265. The fourth-order valence-corrected chi connectivity index (χ4v) is 3.46. The van der Waals surface area contributed by atoms with Gasteiger partial charge in [0.1, 0.15) is 9.52 Å². The van der Waals surface area contributed by atoms with Gasteiger partial charge in [0.05, 0.1) is 6.04 Å². The summed E-state index contributed by atoms with van der Waals surface area (Å²) >= 11 is 2.11. The van der Waals surface area contributed by atoms with Crippen LogP contribution >= 0.6 is 22.6 Å². The van der Waals surface area contributed by atoms with Crippen molar-refractivity contribution < 1.29 is 9.18 Å². The normalized spacial score (nSPS) is 15.7. The Balaban J connectivity index is 1.86. The van der Waals surface area contributed by atoms with Crippen molar-refractivity contribution in [2.45, 2.75) is 25.8 Å². The van der Waals surface area contributed by atoms with Crippen LogP contribution in [0.1, 0.15) is 35.7 Å². The van der Waals surface area contributed by atoms with Crippen molar-refractivity contribution in [1.29, 1.82) is 0 Å². The molecule has 1 heterocycles. The molecule has 0 spiro atoms. The molecule has 1 aromatic carbocycles. The van der Waals surface area contributed by atoms with Crippen LogP contribution in [0.2, 0.25) is 0 Å². The number of benzene rings is 1. The van der Waals surface area contributed by atoms with Crippen LogP contribution in [0, 0.1) is 22.4 Å². The first-order valence-electron chi connectivity index (χ1n) is 8.11. The topological polar surface area (TPSA) is 57.8 Å². The molecular formula is C19H19FIN3O. The molecule has 3 rings (SSSR count). The van der Waals surface area contributed by atoms with Crippen LogP contribution in [0.3, 0.4) is 0 Å². The Labute approximate surface area is 159 Å². The fraction of sp³-hybridized carbons (Fsp3) is 0.263. The van der Waals surface area contributed by atoms with Gasteiger partial charge in [0.15, 0.2) is 0 Å². The van der Waals surface area contributed by atoms with Crippen molar-refractivity contribution in [3.8, 4) is 0 Å². The van der Waals surface area contributed by atoms with Crippen LogP contribution in [0.5, 0.6) is 0 Å². The Hall–Kier alpha value is -1.96. The van der Waals surface area contributed by atoms with Crippen LogP contribution in [-0.2, 0) is 4.79 Å². The van der Waals surface area contributed by atoms with Gasteiger partial charge in [-0.3, -0.25) is 9.89 Å². The van der Waals surface area contributed by atoms with Crippen molar-refractivity contribution in [1.82, 2.24) is 15.5 Å². The molecule has 2 aromatic rings. The Morgan fingerprint density at radius 1 is 1.48 bits per heavy atom. The molecular weight excluding hydrogens is 432 g/mol. The van der Waals surface area contributed by atoms with Gasteiger partial charge in [0.25, 0.3) is 5.91 Å². The molecule has 1 aromatic heterocycles. The quantitative estimate of drug-likeness (QED) is 0.391. The number of aromatic nitrogens is 2. The van der Waals surface area contributed by atoms with Crippen LogP contribution in [0.15, 0.2) is 42.5 Å². The summed E-state index contributed by atoms with van der Waals surface area (Å²) in [6.45, 7) is 5.64. The third-order valence-corrected chi connectivity index (χ3v) is 5.17. The van der Waals surface area contributed by atoms with Gasteiger partial charge in [-0.05, 0) is 60.4 Å². The average molecular weight is 451 g/mol. The smallest absolute Gasteiger partial charge is 0.251 e. The first kappa shape index (κ1) is 17.8. The fourth-order valence-electron chi connectivity index (χ4n) is 2.78. The van der Waals surface area contributed by atoms with Crippen molar-refractivity contribution in [2.24, 2.45) is 5.92 Å². The molecule has 6 heteroatoms.